The second-order valence-corrected chi connectivity index (χ2v) is 7.06. The summed E-state index contributed by atoms with van der Waals surface area (Å²) in [5.41, 5.74) is 7.78. The Bertz CT molecular complexity index is 935. The molecule has 1 aliphatic rings. The predicted octanol–water partition coefficient (Wildman–Crippen LogP) is 3.16. The first kappa shape index (κ1) is 17.1. The molecular formula is C18H21ClN6O. The summed E-state index contributed by atoms with van der Waals surface area (Å²) in [6.45, 7) is 4.80. The van der Waals surface area contributed by atoms with Crippen LogP contribution in [0.15, 0.2) is 24.5 Å². The van der Waals surface area contributed by atoms with Gasteiger partial charge in [-0.05, 0) is 56.5 Å². The number of anilines is 1. The number of ether oxygens (including phenoxy) is 1. The van der Waals surface area contributed by atoms with Gasteiger partial charge in [0.05, 0.1) is 0 Å². The minimum atomic E-state index is 0.361. The molecule has 2 aromatic heterocycles. The van der Waals surface area contributed by atoms with Gasteiger partial charge in [-0.15, -0.1) is 5.10 Å². The van der Waals surface area contributed by atoms with Gasteiger partial charge in [0.25, 0.3) is 5.88 Å². The van der Waals surface area contributed by atoms with Crippen molar-refractivity contribution in [3.8, 4) is 11.6 Å². The van der Waals surface area contributed by atoms with Gasteiger partial charge in [0.15, 0.2) is 5.65 Å². The van der Waals surface area contributed by atoms with Crippen molar-refractivity contribution >= 4 is 28.5 Å². The van der Waals surface area contributed by atoms with Crippen molar-refractivity contribution in [1.82, 2.24) is 25.1 Å². The van der Waals surface area contributed by atoms with Crippen LogP contribution < -0.4 is 15.8 Å². The van der Waals surface area contributed by atoms with E-state index in [-0.39, 0.29) is 0 Å². The molecule has 1 fully saturated rings. The zero-order valence-electron chi connectivity index (χ0n) is 14.6. The molecule has 0 bridgehead atoms. The van der Waals surface area contributed by atoms with Gasteiger partial charge in [0.2, 0.25) is 0 Å². The van der Waals surface area contributed by atoms with Crippen molar-refractivity contribution in [1.29, 1.82) is 0 Å². The Labute approximate surface area is 156 Å². The molecule has 7 nitrogen and oxygen atoms in total. The van der Waals surface area contributed by atoms with Gasteiger partial charge < -0.3 is 15.8 Å². The molecule has 3 aromatic rings. The number of piperidine rings is 1. The normalized spacial score (nSPS) is 15.5. The molecule has 1 saturated heterocycles. The van der Waals surface area contributed by atoms with Crippen molar-refractivity contribution in [2.75, 3.05) is 18.8 Å². The lowest BCUT2D eigenvalue weighted by Crippen LogP contribution is -2.30. The minimum Gasteiger partial charge on any atom is -0.437 e. The number of fused-ring (bicyclic) bond motifs is 1. The summed E-state index contributed by atoms with van der Waals surface area (Å²) >= 11 is 6.20. The predicted molar refractivity (Wildman–Crippen MR) is 102 cm³/mol. The Kier molecular flexibility index (Phi) is 4.65. The van der Waals surface area contributed by atoms with Crippen LogP contribution in [0.2, 0.25) is 5.02 Å². The number of nitrogens with zero attached hydrogens (tertiary/aromatic N) is 4. The molecule has 26 heavy (non-hydrogen) atoms. The number of nitrogen functional groups attached to an aromatic ring is 1. The smallest absolute Gasteiger partial charge is 0.251 e. The van der Waals surface area contributed by atoms with Gasteiger partial charge in [-0.25, -0.2) is 14.6 Å². The second kappa shape index (κ2) is 7.09. The molecule has 3 heterocycles. The SMILES string of the molecule is Cc1ccc(Oc2nn(CC3CCNCC3)c3ncnc(N)c23)cc1Cl. The summed E-state index contributed by atoms with van der Waals surface area (Å²) in [4.78, 5) is 8.49. The van der Waals surface area contributed by atoms with E-state index in [2.05, 4.69) is 20.4 Å². The van der Waals surface area contributed by atoms with Crippen LogP contribution in [0.25, 0.3) is 11.0 Å². The van der Waals surface area contributed by atoms with Gasteiger partial charge in [-0.1, -0.05) is 17.7 Å². The average molecular weight is 373 g/mol. The molecule has 0 atom stereocenters. The maximum atomic E-state index is 6.20. The fourth-order valence-electron chi connectivity index (χ4n) is 3.25. The first-order valence-corrected chi connectivity index (χ1v) is 9.11. The van der Waals surface area contributed by atoms with E-state index in [1.807, 2.05) is 23.7 Å². The van der Waals surface area contributed by atoms with Crippen LogP contribution in [0.5, 0.6) is 11.6 Å². The lowest BCUT2D eigenvalue weighted by Gasteiger charge is -2.22. The highest BCUT2D eigenvalue weighted by atomic mass is 35.5. The van der Waals surface area contributed by atoms with Gasteiger partial charge >= 0.3 is 0 Å². The average Bonchev–Trinajstić information content (AvgIpc) is 2.98. The molecule has 3 N–H and O–H groups in total. The number of halogens is 1. The molecule has 0 aliphatic carbocycles. The van der Waals surface area contributed by atoms with E-state index >= 15 is 0 Å². The summed E-state index contributed by atoms with van der Waals surface area (Å²) in [7, 11) is 0. The molecule has 136 valence electrons. The van der Waals surface area contributed by atoms with Crippen molar-refractivity contribution < 1.29 is 4.74 Å². The van der Waals surface area contributed by atoms with Gasteiger partial charge in [0, 0.05) is 11.6 Å². The largest absolute Gasteiger partial charge is 0.437 e. The Morgan fingerprint density at radius 1 is 1.31 bits per heavy atom. The van der Waals surface area contributed by atoms with Gasteiger partial charge in [-0.3, -0.25) is 0 Å². The lowest BCUT2D eigenvalue weighted by molar-refractivity contribution is 0.320. The van der Waals surface area contributed by atoms with Gasteiger partial charge in [0.1, 0.15) is 23.3 Å². The molecule has 0 saturated carbocycles. The Balaban J connectivity index is 1.70. The van der Waals surface area contributed by atoms with E-state index in [0.29, 0.717) is 39.4 Å². The van der Waals surface area contributed by atoms with E-state index in [0.717, 1.165) is 38.0 Å². The summed E-state index contributed by atoms with van der Waals surface area (Å²) in [6.07, 6.45) is 3.70. The molecule has 0 unspecified atom stereocenters. The van der Waals surface area contributed by atoms with Crippen LogP contribution >= 0.6 is 11.6 Å². The van der Waals surface area contributed by atoms with Crippen LogP contribution in [-0.4, -0.2) is 32.8 Å². The number of hydrogen-bond acceptors (Lipinski definition) is 6. The number of nitrogens with one attached hydrogen (secondary N) is 1. The van der Waals surface area contributed by atoms with Crippen LogP contribution in [0.3, 0.4) is 0 Å². The monoisotopic (exact) mass is 372 g/mol. The van der Waals surface area contributed by atoms with Crippen molar-refractivity contribution in [2.24, 2.45) is 5.92 Å². The molecule has 1 aromatic carbocycles. The molecule has 0 spiro atoms. The standard InChI is InChI=1S/C18H21ClN6O/c1-11-2-3-13(8-14(11)19)26-18-15-16(20)22-10-23-17(15)25(24-18)9-12-4-6-21-7-5-12/h2-3,8,10,12,21H,4-7,9H2,1H3,(H2,20,22,23). The third-order valence-electron chi connectivity index (χ3n) is 4.77. The summed E-state index contributed by atoms with van der Waals surface area (Å²) < 4.78 is 7.87. The molecule has 8 heteroatoms. The quantitative estimate of drug-likeness (QED) is 0.731. The number of nitrogens with two attached hydrogens (primary N) is 1. The highest BCUT2D eigenvalue weighted by molar-refractivity contribution is 6.31. The van der Waals surface area contributed by atoms with Crippen molar-refractivity contribution in [3.63, 3.8) is 0 Å². The highest BCUT2D eigenvalue weighted by Gasteiger charge is 2.21. The third-order valence-corrected chi connectivity index (χ3v) is 5.18. The van der Waals surface area contributed by atoms with E-state index < -0.39 is 0 Å². The number of hydrogen-bond donors (Lipinski definition) is 2. The van der Waals surface area contributed by atoms with Crippen LogP contribution in [-0.2, 0) is 6.54 Å². The molecule has 4 rings (SSSR count). The molecule has 0 amide bonds. The summed E-state index contributed by atoms with van der Waals surface area (Å²) in [5.74, 6) is 1.93. The van der Waals surface area contributed by atoms with E-state index in [1.54, 1.807) is 6.07 Å². The van der Waals surface area contributed by atoms with Gasteiger partial charge in [-0.2, -0.15) is 0 Å². The van der Waals surface area contributed by atoms with Crippen molar-refractivity contribution in [3.05, 3.63) is 35.1 Å². The number of rotatable bonds is 4. The molecule has 1 aliphatic heterocycles. The van der Waals surface area contributed by atoms with Crippen LogP contribution in [0.4, 0.5) is 5.82 Å². The summed E-state index contributed by atoms with van der Waals surface area (Å²) in [5, 5.41) is 9.30. The van der Waals surface area contributed by atoms with E-state index in [9.17, 15) is 0 Å². The van der Waals surface area contributed by atoms with Crippen LogP contribution in [0, 0.1) is 12.8 Å². The Hall–Kier alpha value is -2.38. The zero-order chi connectivity index (χ0) is 18.1. The Morgan fingerprint density at radius 2 is 2.12 bits per heavy atom. The lowest BCUT2D eigenvalue weighted by atomic mass is 9.98. The van der Waals surface area contributed by atoms with Crippen LogP contribution in [0.1, 0.15) is 18.4 Å². The van der Waals surface area contributed by atoms with E-state index in [4.69, 9.17) is 22.1 Å². The summed E-state index contributed by atoms with van der Waals surface area (Å²) in [6, 6.07) is 5.54. The van der Waals surface area contributed by atoms with Crippen molar-refractivity contribution in [2.45, 2.75) is 26.3 Å². The topological polar surface area (TPSA) is 90.9 Å². The molecular weight excluding hydrogens is 352 g/mol. The fourth-order valence-corrected chi connectivity index (χ4v) is 3.42. The number of benzene rings is 1. The minimum absolute atomic E-state index is 0.361. The molecule has 0 radical (unpaired) electrons. The number of aryl methyl sites for hydroxylation is 1. The third kappa shape index (κ3) is 3.32. The highest BCUT2D eigenvalue weighted by Crippen LogP contribution is 2.33. The maximum absolute atomic E-state index is 6.20. The zero-order valence-corrected chi connectivity index (χ0v) is 15.3. The fraction of sp³-hybridized carbons (Fsp3) is 0.389. The first-order valence-electron chi connectivity index (χ1n) is 8.73. The number of aromatic nitrogens is 4. The maximum Gasteiger partial charge on any atom is 0.251 e. The van der Waals surface area contributed by atoms with E-state index in [1.165, 1.54) is 6.33 Å². The second-order valence-electron chi connectivity index (χ2n) is 6.65. The Morgan fingerprint density at radius 3 is 2.88 bits per heavy atom. The first-order chi connectivity index (χ1) is 12.6.